The van der Waals surface area contributed by atoms with Gasteiger partial charge in [0.1, 0.15) is 0 Å². The summed E-state index contributed by atoms with van der Waals surface area (Å²) in [6, 6.07) is 6.21. The Morgan fingerprint density at radius 2 is 2.00 bits per heavy atom. The topological polar surface area (TPSA) is 32.3 Å². The summed E-state index contributed by atoms with van der Waals surface area (Å²) in [5.41, 5.74) is 3.32. The molecule has 0 atom stereocenters. The van der Waals surface area contributed by atoms with Crippen LogP contribution >= 0.6 is 0 Å². The number of para-hydroxylation sites is 1. The number of hydrogen-bond donors (Lipinski definition) is 1. The number of rotatable bonds is 4. The molecule has 3 heteroatoms. The summed E-state index contributed by atoms with van der Waals surface area (Å²) >= 11 is 0. The number of amides is 2. The van der Waals surface area contributed by atoms with Gasteiger partial charge in [0, 0.05) is 19.3 Å². The van der Waals surface area contributed by atoms with E-state index in [1.807, 2.05) is 11.9 Å². The number of carbonyl (C=O) groups is 1. The molecule has 1 fully saturated rings. The Hall–Kier alpha value is -1.51. The van der Waals surface area contributed by atoms with Crippen LogP contribution in [0.5, 0.6) is 0 Å². The molecule has 0 aliphatic heterocycles. The first kappa shape index (κ1) is 15.9. The van der Waals surface area contributed by atoms with Gasteiger partial charge in [-0.25, -0.2) is 4.79 Å². The van der Waals surface area contributed by atoms with Crippen LogP contribution in [0.25, 0.3) is 0 Å². The largest absolute Gasteiger partial charge is 0.327 e. The average Bonchev–Trinajstić information content (AvgIpc) is 2.50. The minimum absolute atomic E-state index is 0.0181. The summed E-state index contributed by atoms with van der Waals surface area (Å²) in [5.74, 6) is 0.678. The van der Waals surface area contributed by atoms with Crippen LogP contribution in [0.2, 0.25) is 0 Å². The van der Waals surface area contributed by atoms with Gasteiger partial charge in [0.25, 0.3) is 0 Å². The molecule has 1 aromatic carbocycles. The Morgan fingerprint density at radius 3 is 2.67 bits per heavy atom. The van der Waals surface area contributed by atoms with Crippen LogP contribution in [0.1, 0.15) is 50.2 Å². The minimum atomic E-state index is 0.0181. The second kappa shape index (κ2) is 7.48. The number of urea groups is 1. The van der Waals surface area contributed by atoms with Crippen LogP contribution in [0.4, 0.5) is 10.5 Å². The average molecular weight is 288 g/mol. The van der Waals surface area contributed by atoms with Gasteiger partial charge in [0.2, 0.25) is 0 Å². The molecule has 0 unspecified atom stereocenters. The van der Waals surface area contributed by atoms with Gasteiger partial charge in [0.05, 0.1) is 0 Å². The quantitative estimate of drug-likeness (QED) is 0.862. The van der Waals surface area contributed by atoms with Crippen molar-refractivity contribution < 1.29 is 4.79 Å². The van der Waals surface area contributed by atoms with E-state index >= 15 is 0 Å². The summed E-state index contributed by atoms with van der Waals surface area (Å²) in [6.07, 6.45) is 7.46. The first-order valence-electron chi connectivity index (χ1n) is 8.22. The van der Waals surface area contributed by atoms with Gasteiger partial charge in [0.15, 0.2) is 0 Å². The van der Waals surface area contributed by atoms with Crippen LogP contribution in [0, 0.1) is 12.8 Å². The summed E-state index contributed by atoms with van der Waals surface area (Å²) in [5, 5.41) is 3.11. The van der Waals surface area contributed by atoms with Crippen LogP contribution < -0.4 is 5.32 Å². The number of anilines is 1. The molecular formula is C18H28N2O. The van der Waals surface area contributed by atoms with E-state index in [4.69, 9.17) is 0 Å². The first-order chi connectivity index (χ1) is 10.1. The molecular weight excluding hydrogens is 260 g/mol. The van der Waals surface area contributed by atoms with Crippen molar-refractivity contribution >= 4 is 11.7 Å². The molecule has 2 amide bonds. The molecule has 0 saturated heterocycles. The molecule has 1 saturated carbocycles. The van der Waals surface area contributed by atoms with Crippen molar-refractivity contribution in [2.24, 2.45) is 5.92 Å². The van der Waals surface area contributed by atoms with Crippen molar-refractivity contribution in [2.75, 3.05) is 18.9 Å². The highest BCUT2D eigenvalue weighted by Gasteiger charge is 2.19. The standard InChI is InChI=1S/C18H28N2O/c1-4-16-12-8-9-14(2)17(16)19-18(21)20(3)13-15-10-6-5-7-11-15/h8-9,12,15H,4-7,10-11,13H2,1-3H3,(H,19,21). The molecule has 1 aromatic rings. The minimum Gasteiger partial charge on any atom is -0.327 e. The number of carbonyl (C=O) groups excluding carboxylic acids is 1. The lowest BCUT2D eigenvalue weighted by Gasteiger charge is -2.27. The highest BCUT2D eigenvalue weighted by Crippen LogP contribution is 2.25. The molecule has 1 N–H and O–H groups in total. The van der Waals surface area contributed by atoms with E-state index in [2.05, 4.69) is 37.4 Å². The van der Waals surface area contributed by atoms with Crippen LogP contribution in [0.15, 0.2) is 18.2 Å². The molecule has 0 spiro atoms. The monoisotopic (exact) mass is 288 g/mol. The summed E-state index contributed by atoms with van der Waals surface area (Å²) in [6.45, 7) is 5.05. The van der Waals surface area contributed by atoms with Crippen molar-refractivity contribution in [3.05, 3.63) is 29.3 Å². The van der Waals surface area contributed by atoms with E-state index in [1.165, 1.54) is 37.7 Å². The molecule has 0 aromatic heterocycles. The summed E-state index contributed by atoms with van der Waals surface area (Å²) in [4.78, 5) is 14.3. The van der Waals surface area contributed by atoms with Gasteiger partial charge >= 0.3 is 6.03 Å². The van der Waals surface area contributed by atoms with Gasteiger partial charge in [-0.1, -0.05) is 44.4 Å². The number of benzene rings is 1. The summed E-state index contributed by atoms with van der Waals surface area (Å²) in [7, 11) is 1.91. The molecule has 0 heterocycles. The number of nitrogens with zero attached hydrogens (tertiary/aromatic N) is 1. The Labute approximate surface area is 128 Å². The Morgan fingerprint density at radius 1 is 1.29 bits per heavy atom. The number of hydrogen-bond acceptors (Lipinski definition) is 1. The maximum absolute atomic E-state index is 12.4. The lowest BCUT2D eigenvalue weighted by atomic mass is 9.89. The highest BCUT2D eigenvalue weighted by atomic mass is 16.2. The number of nitrogens with one attached hydrogen (secondary N) is 1. The molecule has 0 bridgehead atoms. The Bertz CT molecular complexity index is 478. The fourth-order valence-corrected chi connectivity index (χ4v) is 3.24. The van der Waals surface area contributed by atoms with Crippen LogP contribution in [0.3, 0.4) is 0 Å². The van der Waals surface area contributed by atoms with E-state index < -0.39 is 0 Å². The van der Waals surface area contributed by atoms with Crippen molar-refractivity contribution in [2.45, 2.75) is 52.4 Å². The van der Waals surface area contributed by atoms with Crippen molar-refractivity contribution in [1.29, 1.82) is 0 Å². The third-order valence-corrected chi connectivity index (χ3v) is 4.58. The van der Waals surface area contributed by atoms with Crippen molar-refractivity contribution in [1.82, 2.24) is 4.90 Å². The zero-order valence-corrected chi connectivity index (χ0v) is 13.6. The predicted molar refractivity (Wildman–Crippen MR) is 88.8 cm³/mol. The van der Waals surface area contributed by atoms with Gasteiger partial charge in [-0.15, -0.1) is 0 Å². The predicted octanol–water partition coefficient (Wildman–Crippen LogP) is 4.60. The fraction of sp³-hybridized carbons (Fsp3) is 0.611. The molecule has 1 aliphatic rings. The third-order valence-electron chi connectivity index (χ3n) is 4.58. The lowest BCUT2D eigenvalue weighted by molar-refractivity contribution is 0.205. The van der Waals surface area contributed by atoms with Crippen molar-refractivity contribution in [3.8, 4) is 0 Å². The van der Waals surface area contributed by atoms with Crippen LogP contribution in [-0.2, 0) is 6.42 Å². The van der Waals surface area contributed by atoms with Crippen molar-refractivity contribution in [3.63, 3.8) is 0 Å². The maximum atomic E-state index is 12.4. The van der Waals surface area contributed by atoms with Gasteiger partial charge in [-0.05, 0) is 43.2 Å². The second-order valence-corrected chi connectivity index (χ2v) is 6.28. The van der Waals surface area contributed by atoms with E-state index in [0.717, 1.165) is 24.2 Å². The highest BCUT2D eigenvalue weighted by molar-refractivity contribution is 5.91. The molecule has 0 radical (unpaired) electrons. The molecule has 3 nitrogen and oxygen atoms in total. The fourth-order valence-electron chi connectivity index (χ4n) is 3.24. The first-order valence-corrected chi connectivity index (χ1v) is 8.22. The Kier molecular flexibility index (Phi) is 5.66. The smallest absolute Gasteiger partial charge is 0.321 e. The van der Waals surface area contributed by atoms with E-state index in [9.17, 15) is 4.79 Å². The van der Waals surface area contributed by atoms with E-state index in [1.54, 1.807) is 0 Å². The third kappa shape index (κ3) is 4.23. The second-order valence-electron chi connectivity index (χ2n) is 6.28. The summed E-state index contributed by atoms with van der Waals surface area (Å²) < 4.78 is 0. The molecule has 21 heavy (non-hydrogen) atoms. The SMILES string of the molecule is CCc1cccc(C)c1NC(=O)N(C)CC1CCCCC1. The van der Waals surface area contributed by atoms with Crippen LogP contribution in [-0.4, -0.2) is 24.5 Å². The zero-order valence-electron chi connectivity index (χ0n) is 13.6. The maximum Gasteiger partial charge on any atom is 0.321 e. The number of aryl methyl sites for hydroxylation is 2. The van der Waals surface area contributed by atoms with E-state index in [-0.39, 0.29) is 6.03 Å². The molecule has 116 valence electrons. The molecule has 2 rings (SSSR count). The van der Waals surface area contributed by atoms with Gasteiger partial charge < -0.3 is 10.2 Å². The Balaban J connectivity index is 1.97. The lowest BCUT2D eigenvalue weighted by Crippen LogP contribution is -2.36. The molecule has 1 aliphatic carbocycles. The zero-order chi connectivity index (χ0) is 15.2. The van der Waals surface area contributed by atoms with E-state index in [0.29, 0.717) is 5.92 Å². The van der Waals surface area contributed by atoms with Gasteiger partial charge in [-0.3, -0.25) is 0 Å². The normalized spacial score (nSPS) is 15.8. The van der Waals surface area contributed by atoms with Gasteiger partial charge in [-0.2, -0.15) is 0 Å².